The molecule has 0 saturated heterocycles. The van der Waals surface area contributed by atoms with Crippen LogP contribution in [-0.2, 0) is 4.79 Å². The van der Waals surface area contributed by atoms with Gasteiger partial charge in [0.2, 0.25) is 0 Å². The summed E-state index contributed by atoms with van der Waals surface area (Å²) in [6.07, 6.45) is 1.73. The van der Waals surface area contributed by atoms with Crippen LogP contribution in [0.3, 0.4) is 0 Å². The molecule has 0 aliphatic heterocycles. The molecule has 0 N–H and O–H groups in total. The summed E-state index contributed by atoms with van der Waals surface area (Å²) < 4.78 is 10.3. The lowest BCUT2D eigenvalue weighted by atomic mass is 10.0. The third-order valence-electron chi connectivity index (χ3n) is 3.03. The Morgan fingerprint density at radius 2 is 1.87 bits per heavy atom. The van der Waals surface area contributed by atoms with Crippen LogP contribution in [-0.4, -0.2) is 13.1 Å². The van der Waals surface area contributed by atoms with Crippen molar-refractivity contribution in [3.63, 3.8) is 0 Å². The fourth-order valence-corrected chi connectivity index (χ4v) is 2.12. The van der Waals surface area contributed by atoms with Gasteiger partial charge in [-0.05, 0) is 41.5 Å². The van der Waals surface area contributed by atoms with Crippen LogP contribution in [0.4, 0.5) is 0 Å². The quantitative estimate of drug-likeness (QED) is 0.363. The van der Waals surface area contributed by atoms with E-state index in [2.05, 4.69) is 6.07 Å². The highest BCUT2D eigenvalue weighted by Crippen LogP contribution is 2.30. The minimum Gasteiger partial charge on any atom is -0.493 e. The summed E-state index contributed by atoms with van der Waals surface area (Å²) in [7, 11) is 1.49. The molecule has 0 heterocycles. The van der Waals surface area contributed by atoms with Gasteiger partial charge in [-0.25, -0.2) is 0 Å². The second-order valence-corrected chi connectivity index (χ2v) is 5.12. The third-order valence-corrected chi connectivity index (χ3v) is 3.28. The Hall–Kier alpha value is -2.77. The van der Waals surface area contributed by atoms with E-state index in [9.17, 15) is 10.1 Å². The van der Waals surface area contributed by atoms with Gasteiger partial charge in [-0.3, -0.25) is 4.79 Å². The van der Waals surface area contributed by atoms with Gasteiger partial charge in [0.25, 0.3) is 0 Å². The molecule has 2 aromatic rings. The van der Waals surface area contributed by atoms with Crippen molar-refractivity contribution in [2.24, 2.45) is 0 Å². The fraction of sp³-hybridized carbons (Fsp3) is 0.111. The minimum atomic E-state index is -0.425. The number of rotatable bonds is 4. The van der Waals surface area contributed by atoms with E-state index in [1.807, 2.05) is 0 Å². The van der Waals surface area contributed by atoms with Crippen molar-refractivity contribution in [1.82, 2.24) is 0 Å². The van der Waals surface area contributed by atoms with Crippen LogP contribution in [0, 0.1) is 11.3 Å². The van der Waals surface area contributed by atoms with E-state index >= 15 is 0 Å². The average molecular weight is 328 g/mol. The van der Waals surface area contributed by atoms with E-state index in [0.29, 0.717) is 22.1 Å². The highest BCUT2D eigenvalue weighted by atomic mass is 35.5. The number of ether oxygens (including phenoxy) is 2. The number of benzene rings is 2. The number of hydrogen-bond donors (Lipinski definition) is 0. The van der Waals surface area contributed by atoms with E-state index in [0.717, 1.165) is 11.1 Å². The maximum absolute atomic E-state index is 11.1. The lowest BCUT2D eigenvalue weighted by Gasteiger charge is -2.09. The molecule has 0 spiro atoms. The molecular formula is C18H14ClNO3. The zero-order valence-corrected chi connectivity index (χ0v) is 13.4. The van der Waals surface area contributed by atoms with Gasteiger partial charge in [-0.15, -0.1) is 0 Å². The second kappa shape index (κ2) is 7.48. The summed E-state index contributed by atoms with van der Waals surface area (Å²) in [5, 5.41) is 9.97. The number of nitriles is 1. The van der Waals surface area contributed by atoms with Crippen molar-refractivity contribution in [1.29, 1.82) is 5.26 Å². The first-order chi connectivity index (χ1) is 11.0. The van der Waals surface area contributed by atoms with Crippen LogP contribution in [0.15, 0.2) is 42.5 Å². The summed E-state index contributed by atoms with van der Waals surface area (Å²) in [5.74, 6) is 0.329. The van der Waals surface area contributed by atoms with Crippen LogP contribution in [0.2, 0.25) is 5.02 Å². The van der Waals surface area contributed by atoms with Gasteiger partial charge in [0, 0.05) is 11.9 Å². The third kappa shape index (κ3) is 4.35. The first-order valence-electron chi connectivity index (χ1n) is 6.77. The van der Waals surface area contributed by atoms with Gasteiger partial charge in [-0.1, -0.05) is 29.8 Å². The Balaban J connectivity index is 2.38. The zero-order valence-electron chi connectivity index (χ0n) is 12.7. The fourth-order valence-electron chi connectivity index (χ4n) is 1.99. The first kappa shape index (κ1) is 16.6. The molecule has 2 aromatic carbocycles. The largest absolute Gasteiger partial charge is 0.493 e. The summed E-state index contributed by atoms with van der Waals surface area (Å²) in [6.45, 7) is 1.32. The lowest BCUT2D eigenvalue weighted by molar-refractivity contribution is -0.132. The molecule has 0 aliphatic carbocycles. The minimum absolute atomic E-state index is 0.335. The van der Waals surface area contributed by atoms with Crippen molar-refractivity contribution in [3.05, 3.63) is 58.6 Å². The molecule has 0 aliphatic rings. The predicted molar refractivity (Wildman–Crippen MR) is 89.2 cm³/mol. The van der Waals surface area contributed by atoms with E-state index in [1.165, 1.54) is 14.0 Å². The van der Waals surface area contributed by atoms with Gasteiger partial charge in [0.1, 0.15) is 0 Å². The molecule has 0 atom stereocenters. The van der Waals surface area contributed by atoms with Crippen LogP contribution < -0.4 is 9.47 Å². The summed E-state index contributed by atoms with van der Waals surface area (Å²) in [5.41, 5.74) is 2.01. The molecule has 2 rings (SSSR count). The summed E-state index contributed by atoms with van der Waals surface area (Å²) >= 11 is 5.86. The van der Waals surface area contributed by atoms with Gasteiger partial charge in [0.15, 0.2) is 11.5 Å². The molecular weight excluding hydrogens is 314 g/mol. The summed E-state index contributed by atoms with van der Waals surface area (Å²) in [6, 6.07) is 14.3. The highest BCUT2D eigenvalue weighted by molar-refractivity contribution is 6.30. The van der Waals surface area contributed by atoms with E-state index in [4.69, 9.17) is 21.1 Å². The molecule has 0 saturated carbocycles. The summed E-state index contributed by atoms with van der Waals surface area (Å²) in [4.78, 5) is 11.1. The highest BCUT2D eigenvalue weighted by Gasteiger charge is 2.08. The van der Waals surface area contributed by atoms with E-state index in [1.54, 1.807) is 48.5 Å². The number of allylic oxidation sites excluding steroid dienone is 1. The maximum atomic E-state index is 11.1. The number of hydrogen-bond acceptors (Lipinski definition) is 4. The molecule has 0 bridgehead atoms. The van der Waals surface area contributed by atoms with Crippen LogP contribution in [0.1, 0.15) is 18.1 Å². The number of esters is 1. The van der Waals surface area contributed by atoms with Crippen molar-refractivity contribution >= 4 is 29.2 Å². The standard InChI is InChI=1S/C18H14ClNO3/c1-12(21)23-17-8-3-13(10-18(17)22-2)9-15(11-20)14-4-6-16(19)7-5-14/h3-10H,1-2H3/b15-9+. The second-order valence-electron chi connectivity index (χ2n) is 4.68. The molecule has 4 nitrogen and oxygen atoms in total. The van der Waals surface area contributed by atoms with Crippen LogP contribution in [0.25, 0.3) is 11.6 Å². The van der Waals surface area contributed by atoms with Gasteiger partial charge < -0.3 is 9.47 Å². The van der Waals surface area contributed by atoms with Crippen molar-refractivity contribution in [3.8, 4) is 17.6 Å². The zero-order chi connectivity index (χ0) is 16.8. The average Bonchev–Trinajstić information content (AvgIpc) is 2.54. The van der Waals surface area contributed by atoms with Crippen LogP contribution in [0.5, 0.6) is 11.5 Å². The Bertz CT molecular complexity index is 789. The maximum Gasteiger partial charge on any atom is 0.308 e. The Labute approximate surface area is 139 Å². The molecule has 116 valence electrons. The van der Waals surface area contributed by atoms with E-state index < -0.39 is 5.97 Å². The predicted octanol–water partition coefficient (Wildman–Crippen LogP) is 4.34. The normalized spacial score (nSPS) is 10.8. The number of methoxy groups -OCH3 is 1. The molecule has 0 amide bonds. The topological polar surface area (TPSA) is 59.3 Å². The van der Waals surface area contributed by atoms with Crippen molar-refractivity contribution in [2.75, 3.05) is 7.11 Å². The number of nitrogens with zero attached hydrogens (tertiary/aromatic N) is 1. The van der Waals surface area contributed by atoms with Crippen LogP contribution >= 0.6 is 11.6 Å². The van der Waals surface area contributed by atoms with Crippen molar-refractivity contribution in [2.45, 2.75) is 6.92 Å². The Kier molecular flexibility index (Phi) is 5.40. The number of carbonyl (C=O) groups excluding carboxylic acids is 1. The first-order valence-corrected chi connectivity index (χ1v) is 7.15. The Morgan fingerprint density at radius 1 is 1.17 bits per heavy atom. The molecule has 5 heteroatoms. The molecule has 23 heavy (non-hydrogen) atoms. The van der Waals surface area contributed by atoms with Gasteiger partial charge in [0.05, 0.1) is 18.8 Å². The lowest BCUT2D eigenvalue weighted by Crippen LogP contribution is -2.03. The Morgan fingerprint density at radius 3 is 2.43 bits per heavy atom. The van der Waals surface area contributed by atoms with E-state index in [-0.39, 0.29) is 0 Å². The SMILES string of the molecule is COc1cc(/C=C(\C#N)c2ccc(Cl)cc2)ccc1OC(C)=O. The smallest absolute Gasteiger partial charge is 0.308 e. The molecule has 0 fully saturated rings. The van der Waals surface area contributed by atoms with Gasteiger partial charge >= 0.3 is 5.97 Å². The number of carbonyl (C=O) groups is 1. The molecule has 0 aromatic heterocycles. The molecule has 0 radical (unpaired) electrons. The monoisotopic (exact) mass is 327 g/mol. The van der Waals surface area contributed by atoms with Gasteiger partial charge in [-0.2, -0.15) is 5.26 Å². The molecule has 0 unspecified atom stereocenters. The number of halogens is 1. The van der Waals surface area contributed by atoms with Crippen molar-refractivity contribution < 1.29 is 14.3 Å².